The zero-order chi connectivity index (χ0) is 11.5. The van der Waals surface area contributed by atoms with E-state index in [0.717, 1.165) is 12.1 Å². The molecule has 0 bridgehead atoms. The maximum Gasteiger partial charge on any atom is 0.237 e. The first-order valence-corrected chi connectivity index (χ1v) is 5.88. The van der Waals surface area contributed by atoms with Crippen LogP contribution in [0.1, 0.15) is 5.56 Å². The number of halogens is 2. The van der Waals surface area contributed by atoms with Gasteiger partial charge in [0, 0.05) is 13.1 Å². The van der Waals surface area contributed by atoms with Gasteiger partial charge in [0.15, 0.2) is 0 Å². The van der Waals surface area contributed by atoms with Crippen molar-refractivity contribution in [1.29, 1.82) is 0 Å². The maximum absolute atomic E-state index is 11.5. The van der Waals surface area contributed by atoms with Crippen molar-refractivity contribution >= 4 is 29.1 Å². The molecule has 1 aliphatic rings. The maximum atomic E-state index is 11.5. The van der Waals surface area contributed by atoms with Gasteiger partial charge in [0.1, 0.15) is 0 Å². The zero-order valence-electron chi connectivity index (χ0n) is 8.59. The number of nitrogens with one attached hydrogen (secondary N) is 2. The lowest BCUT2D eigenvalue weighted by Gasteiger charge is -2.23. The van der Waals surface area contributed by atoms with Crippen molar-refractivity contribution in [3.63, 3.8) is 0 Å². The van der Waals surface area contributed by atoms with Crippen molar-refractivity contribution in [3.05, 3.63) is 33.8 Å². The lowest BCUT2D eigenvalue weighted by Crippen LogP contribution is -2.53. The Morgan fingerprint density at radius 3 is 2.88 bits per heavy atom. The Bertz CT molecular complexity index is 409. The molecule has 1 heterocycles. The molecule has 86 valence electrons. The van der Waals surface area contributed by atoms with Gasteiger partial charge in [-0.1, -0.05) is 35.3 Å². The summed E-state index contributed by atoms with van der Waals surface area (Å²) in [4.78, 5) is 11.5. The number of carbonyl (C=O) groups is 1. The summed E-state index contributed by atoms with van der Waals surface area (Å²) in [6.45, 7) is 1.47. The van der Waals surface area contributed by atoms with E-state index >= 15 is 0 Å². The van der Waals surface area contributed by atoms with Gasteiger partial charge in [0.05, 0.1) is 16.1 Å². The van der Waals surface area contributed by atoms with E-state index in [2.05, 4.69) is 10.6 Å². The topological polar surface area (TPSA) is 41.1 Å². The van der Waals surface area contributed by atoms with Crippen molar-refractivity contribution in [2.75, 3.05) is 13.1 Å². The van der Waals surface area contributed by atoms with E-state index in [9.17, 15) is 4.79 Å². The summed E-state index contributed by atoms with van der Waals surface area (Å²) in [7, 11) is 0. The summed E-state index contributed by atoms with van der Waals surface area (Å²) in [6, 6.07) is 5.24. The van der Waals surface area contributed by atoms with Crippen LogP contribution in [0.5, 0.6) is 0 Å². The second-order valence-electron chi connectivity index (χ2n) is 3.71. The number of amides is 1. The van der Waals surface area contributed by atoms with Gasteiger partial charge in [0.25, 0.3) is 0 Å². The van der Waals surface area contributed by atoms with E-state index in [4.69, 9.17) is 23.2 Å². The summed E-state index contributed by atoms with van der Waals surface area (Å²) >= 11 is 12.0. The van der Waals surface area contributed by atoms with Crippen LogP contribution < -0.4 is 10.6 Å². The number of hydrogen-bond acceptors (Lipinski definition) is 2. The quantitative estimate of drug-likeness (QED) is 0.847. The Kier molecular flexibility index (Phi) is 3.69. The van der Waals surface area contributed by atoms with Gasteiger partial charge in [-0.3, -0.25) is 4.79 Å². The molecule has 1 fully saturated rings. The Morgan fingerprint density at radius 1 is 1.31 bits per heavy atom. The van der Waals surface area contributed by atoms with Crippen LogP contribution in [0.15, 0.2) is 18.2 Å². The molecule has 1 aromatic rings. The monoisotopic (exact) mass is 258 g/mol. The molecular weight excluding hydrogens is 247 g/mol. The number of piperazine rings is 1. The molecule has 2 rings (SSSR count). The molecule has 0 aromatic heterocycles. The first kappa shape index (κ1) is 11.7. The SMILES string of the molecule is O=C1NCCN[C@@H]1Cc1cccc(Cl)c1Cl. The van der Waals surface area contributed by atoms with Gasteiger partial charge < -0.3 is 10.6 Å². The summed E-state index contributed by atoms with van der Waals surface area (Å²) < 4.78 is 0. The van der Waals surface area contributed by atoms with E-state index in [-0.39, 0.29) is 11.9 Å². The van der Waals surface area contributed by atoms with Crippen LogP contribution in [0.3, 0.4) is 0 Å². The van der Waals surface area contributed by atoms with Crippen LogP contribution in [-0.4, -0.2) is 25.0 Å². The molecule has 3 nitrogen and oxygen atoms in total. The average Bonchev–Trinajstić information content (AvgIpc) is 2.28. The predicted octanol–water partition coefficient (Wildman–Crippen LogP) is 1.62. The Hall–Kier alpha value is -0.770. The second kappa shape index (κ2) is 5.04. The molecule has 1 saturated heterocycles. The van der Waals surface area contributed by atoms with Crippen molar-refractivity contribution in [2.45, 2.75) is 12.5 Å². The highest BCUT2D eigenvalue weighted by molar-refractivity contribution is 6.42. The van der Waals surface area contributed by atoms with Gasteiger partial charge in [-0.05, 0) is 18.1 Å². The summed E-state index contributed by atoms with van der Waals surface area (Å²) in [6.07, 6.45) is 0.561. The van der Waals surface area contributed by atoms with Gasteiger partial charge >= 0.3 is 0 Å². The molecule has 1 aromatic carbocycles. The number of rotatable bonds is 2. The fourth-order valence-corrected chi connectivity index (χ4v) is 2.14. The van der Waals surface area contributed by atoms with Crippen LogP contribution in [0, 0.1) is 0 Å². The summed E-state index contributed by atoms with van der Waals surface area (Å²) in [5.74, 6) is 0.0160. The molecule has 16 heavy (non-hydrogen) atoms. The smallest absolute Gasteiger partial charge is 0.237 e. The highest BCUT2D eigenvalue weighted by atomic mass is 35.5. The average molecular weight is 259 g/mol. The van der Waals surface area contributed by atoms with Gasteiger partial charge in [-0.25, -0.2) is 0 Å². The molecule has 1 amide bonds. The van der Waals surface area contributed by atoms with Crippen LogP contribution in [0.4, 0.5) is 0 Å². The van der Waals surface area contributed by atoms with Crippen LogP contribution in [0.2, 0.25) is 10.0 Å². The summed E-state index contributed by atoms with van der Waals surface area (Å²) in [5.41, 5.74) is 0.892. The third-order valence-electron chi connectivity index (χ3n) is 2.59. The highest BCUT2D eigenvalue weighted by Crippen LogP contribution is 2.26. The standard InChI is InChI=1S/C11H12Cl2N2O/c12-8-3-1-2-7(10(8)13)6-9-11(16)15-5-4-14-9/h1-3,9,14H,4-6H2,(H,15,16)/t9-/m1/s1. The van der Waals surface area contributed by atoms with Gasteiger partial charge in [-0.15, -0.1) is 0 Å². The van der Waals surface area contributed by atoms with Crippen molar-refractivity contribution in [1.82, 2.24) is 10.6 Å². The molecule has 0 saturated carbocycles. The minimum absolute atomic E-state index is 0.0160. The molecule has 1 aliphatic heterocycles. The summed E-state index contributed by atoms with van der Waals surface area (Å²) in [5, 5.41) is 7.01. The molecule has 0 radical (unpaired) electrons. The van der Waals surface area contributed by atoms with Crippen molar-refractivity contribution in [3.8, 4) is 0 Å². The lowest BCUT2D eigenvalue weighted by atomic mass is 10.0. The van der Waals surface area contributed by atoms with Crippen molar-refractivity contribution in [2.24, 2.45) is 0 Å². The van der Waals surface area contributed by atoms with Crippen molar-refractivity contribution < 1.29 is 4.79 Å². The third kappa shape index (κ3) is 2.48. The molecule has 2 N–H and O–H groups in total. The third-order valence-corrected chi connectivity index (χ3v) is 3.45. The fraction of sp³-hybridized carbons (Fsp3) is 0.364. The lowest BCUT2D eigenvalue weighted by molar-refractivity contribution is -0.124. The van der Waals surface area contributed by atoms with E-state index < -0.39 is 0 Å². The van der Waals surface area contributed by atoms with E-state index in [1.54, 1.807) is 6.07 Å². The number of hydrogen-bond donors (Lipinski definition) is 2. The fourth-order valence-electron chi connectivity index (χ4n) is 1.74. The molecule has 5 heteroatoms. The molecule has 0 aliphatic carbocycles. The Balaban J connectivity index is 2.14. The Morgan fingerprint density at radius 2 is 2.12 bits per heavy atom. The second-order valence-corrected chi connectivity index (χ2v) is 4.50. The van der Waals surface area contributed by atoms with Crippen LogP contribution in [0.25, 0.3) is 0 Å². The molecular formula is C11H12Cl2N2O. The molecule has 0 spiro atoms. The number of carbonyl (C=O) groups excluding carboxylic acids is 1. The van der Waals surface area contributed by atoms with Gasteiger partial charge in [0.2, 0.25) is 5.91 Å². The van der Waals surface area contributed by atoms with E-state index in [0.29, 0.717) is 23.0 Å². The normalized spacial score (nSPS) is 20.6. The predicted molar refractivity (Wildman–Crippen MR) is 65.0 cm³/mol. The largest absolute Gasteiger partial charge is 0.353 e. The Labute approximate surface area is 104 Å². The number of benzene rings is 1. The first-order valence-electron chi connectivity index (χ1n) is 5.12. The minimum atomic E-state index is -0.218. The minimum Gasteiger partial charge on any atom is -0.353 e. The van der Waals surface area contributed by atoms with E-state index in [1.807, 2.05) is 12.1 Å². The van der Waals surface area contributed by atoms with Crippen LogP contribution in [-0.2, 0) is 11.2 Å². The highest BCUT2D eigenvalue weighted by Gasteiger charge is 2.22. The molecule has 1 atom stereocenters. The first-order chi connectivity index (χ1) is 7.68. The zero-order valence-corrected chi connectivity index (χ0v) is 10.1. The van der Waals surface area contributed by atoms with E-state index in [1.165, 1.54) is 0 Å². The molecule has 0 unspecified atom stereocenters. The van der Waals surface area contributed by atoms with Gasteiger partial charge in [-0.2, -0.15) is 0 Å². The van der Waals surface area contributed by atoms with Crippen LogP contribution >= 0.6 is 23.2 Å².